The van der Waals surface area contributed by atoms with Crippen LogP contribution in [0.25, 0.3) is 28.1 Å². The van der Waals surface area contributed by atoms with Gasteiger partial charge in [-0.05, 0) is 31.4 Å². The number of aromatic amines is 1. The Kier molecular flexibility index (Phi) is 4.47. The number of aromatic nitrogens is 6. The molecule has 10 nitrogen and oxygen atoms in total. The first kappa shape index (κ1) is 19.4. The maximum atomic E-state index is 14.0. The van der Waals surface area contributed by atoms with Crippen LogP contribution >= 0.6 is 0 Å². The first-order chi connectivity index (χ1) is 15.6. The van der Waals surface area contributed by atoms with Crippen LogP contribution in [0.15, 0.2) is 29.3 Å². The average molecular weight is 439 g/mol. The van der Waals surface area contributed by atoms with Crippen LogP contribution in [0.4, 0.5) is 10.2 Å². The molecule has 0 bridgehead atoms. The number of aliphatic hydroxyl groups excluding tert-OH is 1. The molecule has 2 saturated heterocycles. The summed E-state index contributed by atoms with van der Waals surface area (Å²) < 4.78 is 22.7. The second-order valence-electron chi connectivity index (χ2n) is 8.33. The molecule has 0 amide bonds. The number of hydrogen-bond donors (Lipinski definition) is 2. The van der Waals surface area contributed by atoms with Crippen molar-refractivity contribution in [3.63, 3.8) is 0 Å². The number of anilines is 1. The molecule has 6 rings (SSSR count). The van der Waals surface area contributed by atoms with Crippen molar-refractivity contribution < 1.29 is 14.2 Å². The van der Waals surface area contributed by atoms with Crippen molar-refractivity contribution in [2.24, 2.45) is 0 Å². The highest BCUT2D eigenvalue weighted by Crippen LogP contribution is 2.30. The van der Waals surface area contributed by atoms with E-state index in [1.165, 1.54) is 12.1 Å². The molecule has 166 valence electrons. The molecule has 0 aliphatic carbocycles. The molecule has 1 aromatic carbocycles. The van der Waals surface area contributed by atoms with Crippen LogP contribution in [0.3, 0.4) is 0 Å². The summed E-state index contributed by atoms with van der Waals surface area (Å²) in [6.07, 6.45) is 3.13. The zero-order valence-corrected chi connectivity index (χ0v) is 17.2. The number of aliphatic hydroxyl groups is 1. The quantitative estimate of drug-likeness (QED) is 0.497. The van der Waals surface area contributed by atoms with Crippen molar-refractivity contribution in [3.8, 4) is 5.95 Å². The molecular weight excluding hydrogens is 417 g/mol. The summed E-state index contributed by atoms with van der Waals surface area (Å²) in [6, 6.07) is 4.31. The van der Waals surface area contributed by atoms with Crippen molar-refractivity contribution >= 4 is 28.0 Å². The minimum Gasteiger partial charge on any atom is -0.391 e. The second-order valence-corrected chi connectivity index (χ2v) is 8.33. The number of ether oxygens (including phenoxy) is 1. The molecule has 3 aromatic heterocycles. The fraction of sp³-hybridized carbons (Fsp3) is 0.429. The summed E-state index contributed by atoms with van der Waals surface area (Å²) in [5, 5.41) is 10.1. The topological polar surface area (TPSA) is 114 Å². The van der Waals surface area contributed by atoms with Crippen LogP contribution in [-0.4, -0.2) is 66.6 Å². The lowest BCUT2D eigenvalue weighted by Gasteiger charge is -2.23. The fourth-order valence-electron chi connectivity index (χ4n) is 4.67. The number of H-pyrrole nitrogens is 1. The molecule has 11 heteroatoms. The van der Waals surface area contributed by atoms with Crippen LogP contribution in [0.5, 0.6) is 0 Å². The van der Waals surface area contributed by atoms with E-state index in [9.17, 15) is 14.3 Å². The van der Waals surface area contributed by atoms with Gasteiger partial charge < -0.3 is 19.7 Å². The monoisotopic (exact) mass is 439 g/mol. The van der Waals surface area contributed by atoms with Crippen molar-refractivity contribution in [2.75, 3.05) is 31.2 Å². The van der Waals surface area contributed by atoms with E-state index in [0.29, 0.717) is 79.5 Å². The van der Waals surface area contributed by atoms with E-state index in [1.54, 1.807) is 21.5 Å². The highest BCUT2D eigenvalue weighted by atomic mass is 19.1. The smallest absolute Gasteiger partial charge is 0.328 e. The molecule has 5 heterocycles. The number of halogens is 1. The van der Waals surface area contributed by atoms with E-state index in [-0.39, 0.29) is 17.5 Å². The first-order valence-corrected chi connectivity index (χ1v) is 10.7. The molecule has 2 fully saturated rings. The van der Waals surface area contributed by atoms with E-state index in [1.807, 2.05) is 4.90 Å². The lowest BCUT2D eigenvalue weighted by molar-refractivity contribution is 0.0697. The Hall–Kier alpha value is -3.31. The highest BCUT2D eigenvalue weighted by molar-refractivity contribution is 5.85. The molecule has 2 aliphatic rings. The van der Waals surface area contributed by atoms with Gasteiger partial charge in [0.1, 0.15) is 17.7 Å². The van der Waals surface area contributed by atoms with Crippen molar-refractivity contribution in [1.29, 1.82) is 0 Å². The van der Waals surface area contributed by atoms with Gasteiger partial charge in [0, 0.05) is 38.4 Å². The van der Waals surface area contributed by atoms with Gasteiger partial charge in [-0.15, -0.1) is 0 Å². The number of β-amino-alcohol motifs (C(OH)–C–C–N with tert-alkyl or cyclic N) is 1. The van der Waals surface area contributed by atoms with Crippen LogP contribution in [0.2, 0.25) is 0 Å². The molecular formula is C21H22FN7O3. The van der Waals surface area contributed by atoms with Crippen molar-refractivity contribution in [2.45, 2.75) is 31.4 Å². The number of benzene rings is 1. The van der Waals surface area contributed by atoms with Gasteiger partial charge in [0.25, 0.3) is 0 Å². The number of nitrogens with zero attached hydrogens (tertiary/aromatic N) is 6. The lowest BCUT2D eigenvalue weighted by Crippen LogP contribution is -2.27. The van der Waals surface area contributed by atoms with Gasteiger partial charge in [0.2, 0.25) is 5.95 Å². The predicted molar refractivity (Wildman–Crippen MR) is 115 cm³/mol. The highest BCUT2D eigenvalue weighted by Gasteiger charge is 2.29. The van der Waals surface area contributed by atoms with Gasteiger partial charge in [0.15, 0.2) is 11.5 Å². The maximum Gasteiger partial charge on any atom is 0.328 e. The number of nitrogens with one attached hydrogen (secondary N) is 1. The minimum atomic E-state index is -0.462. The second kappa shape index (κ2) is 7.38. The molecule has 0 saturated carbocycles. The average Bonchev–Trinajstić information content (AvgIpc) is 3.49. The van der Waals surface area contributed by atoms with Crippen molar-refractivity contribution in [3.05, 3.63) is 40.8 Å². The molecule has 1 atom stereocenters. The van der Waals surface area contributed by atoms with E-state index in [2.05, 4.69) is 9.97 Å². The normalized spacial score (nSPS) is 20.1. The molecule has 2 N–H and O–H groups in total. The Labute approximate surface area is 181 Å². The third-order valence-electron chi connectivity index (χ3n) is 6.28. The Morgan fingerprint density at radius 3 is 2.81 bits per heavy atom. The maximum absolute atomic E-state index is 14.0. The lowest BCUT2D eigenvalue weighted by atomic mass is 10.1. The summed E-state index contributed by atoms with van der Waals surface area (Å²) in [5.41, 5.74) is 1.92. The van der Waals surface area contributed by atoms with Crippen LogP contribution in [0, 0.1) is 5.82 Å². The molecule has 2 aliphatic heterocycles. The fourth-order valence-corrected chi connectivity index (χ4v) is 4.67. The number of hydrogen-bond acceptors (Lipinski definition) is 7. The number of imidazole rings is 2. The third-order valence-corrected chi connectivity index (χ3v) is 6.28. The van der Waals surface area contributed by atoms with Gasteiger partial charge in [-0.25, -0.2) is 14.2 Å². The molecule has 0 radical (unpaired) electrons. The predicted octanol–water partition coefficient (Wildman–Crippen LogP) is 1.52. The Morgan fingerprint density at radius 2 is 2.03 bits per heavy atom. The SMILES string of the molecule is O=c1[nH]c2c(N3CCC(O)C3)nc(-n3cnc4ccc(F)cc43)nc2n1C1CCOCC1. The van der Waals surface area contributed by atoms with Crippen LogP contribution < -0.4 is 10.6 Å². The molecule has 1 unspecified atom stereocenters. The molecule has 32 heavy (non-hydrogen) atoms. The van der Waals surface area contributed by atoms with Gasteiger partial charge in [-0.2, -0.15) is 9.97 Å². The number of rotatable bonds is 3. The first-order valence-electron chi connectivity index (χ1n) is 10.7. The Morgan fingerprint density at radius 1 is 1.19 bits per heavy atom. The van der Waals surface area contributed by atoms with Gasteiger partial charge >= 0.3 is 5.69 Å². The van der Waals surface area contributed by atoms with E-state index < -0.39 is 6.10 Å². The van der Waals surface area contributed by atoms with Gasteiger partial charge in [-0.1, -0.05) is 0 Å². The summed E-state index contributed by atoms with van der Waals surface area (Å²) in [6.45, 7) is 2.18. The minimum absolute atomic E-state index is 0.0401. The zero-order chi connectivity index (χ0) is 21.8. The van der Waals surface area contributed by atoms with E-state index >= 15 is 0 Å². The van der Waals surface area contributed by atoms with Crippen molar-refractivity contribution in [1.82, 2.24) is 29.1 Å². The van der Waals surface area contributed by atoms with Gasteiger partial charge in [-0.3, -0.25) is 9.13 Å². The summed E-state index contributed by atoms with van der Waals surface area (Å²) in [5.74, 6) is 0.452. The number of fused-ring (bicyclic) bond motifs is 2. The zero-order valence-electron chi connectivity index (χ0n) is 17.2. The summed E-state index contributed by atoms with van der Waals surface area (Å²) in [7, 11) is 0. The van der Waals surface area contributed by atoms with Gasteiger partial charge in [0.05, 0.1) is 17.1 Å². The largest absolute Gasteiger partial charge is 0.391 e. The standard InChI is InChI=1S/C21H22FN7O3/c22-12-1-2-15-16(9-12)28(11-23-15)20-25-18(27-6-3-14(30)10-27)17-19(26-20)29(21(31)24-17)13-4-7-32-8-5-13/h1-2,9,11,13-14,30H,3-8,10H2,(H,24,31). The van der Waals surface area contributed by atoms with E-state index in [0.717, 1.165) is 0 Å². The Bertz CT molecular complexity index is 1370. The summed E-state index contributed by atoms with van der Waals surface area (Å²) in [4.78, 5) is 31.7. The van der Waals surface area contributed by atoms with E-state index in [4.69, 9.17) is 14.7 Å². The van der Waals surface area contributed by atoms with Crippen LogP contribution in [0.1, 0.15) is 25.3 Å². The Balaban J connectivity index is 1.60. The summed E-state index contributed by atoms with van der Waals surface area (Å²) >= 11 is 0. The molecule has 0 spiro atoms. The third kappa shape index (κ3) is 3.07. The van der Waals surface area contributed by atoms with Crippen LogP contribution in [-0.2, 0) is 4.74 Å². The molecule has 4 aromatic rings.